The quantitative estimate of drug-likeness (QED) is 0.0617. The Bertz CT molecular complexity index is 902. The maximum absolute atomic E-state index is 11.8. The lowest BCUT2D eigenvalue weighted by Gasteiger charge is -2.47. The van der Waals surface area contributed by atoms with Crippen molar-refractivity contribution in [1.82, 2.24) is 5.32 Å². The minimum Gasteiger partial charge on any atom is -0.394 e. The summed E-state index contributed by atoms with van der Waals surface area (Å²) in [6.07, 6.45) is -19.3. The molecule has 3 rings (SSSR count). The van der Waals surface area contributed by atoms with E-state index in [1.54, 1.807) is 0 Å². The first-order chi connectivity index (χ1) is 19.9. The van der Waals surface area contributed by atoms with Crippen LogP contribution in [0.3, 0.4) is 0 Å². The number of carbonyl (C=O) groups excluding carboxylic acids is 1. The predicted octanol–water partition coefficient (Wildman–Crippen LogP) is -8.38. The fourth-order valence-electron chi connectivity index (χ4n) is 5.16. The summed E-state index contributed by atoms with van der Waals surface area (Å²) in [5.41, 5.74) is 0. The van der Waals surface area contributed by atoms with Crippen LogP contribution in [0.15, 0.2) is 0 Å². The van der Waals surface area contributed by atoms with Crippen molar-refractivity contribution < 1.29 is 83.9 Å². The second kappa shape index (κ2) is 15.4. The summed E-state index contributed by atoms with van der Waals surface area (Å²) in [5.74, 6) is 4.57. The molecular formula is C23H42N3O16+. The minimum absolute atomic E-state index is 0.0477. The first-order valence-electron chi connectivity index (χ1n) is 13.2. The monoisotopic (exact) mass is 616 g/mol. The van der Waals surface area contributed by atoms with Crippen LogP contribution in [-0.2, 0) is 38.1 Å². The second-order valence-corrected chi connectivity index (χ2v) is 10.1. The zero-order valence-electron chi connectivity index (χ0n) is 23.2. The molecule has 19 heteroatoms. The van der Waals surface area contributed by atoms with Gasteiger partial charge in [0, 0.05) is 14.0 Å². The van der Waals surface area contributed by atoms with Gasteiger partial charge in [0.15, 0.2) is 12.6 Å². The molecular weight excluding hydrogens is 574 g/mol. The topological polar surface area (TPSA) is 296 Å². The van der Waals surface area contributed by atoms with E-state index >= 15 is 0 Å². The lowest BCUT2D eigenvalue weighted by molar-refractivity contribution is -0.573. The molecule has 3 saturated heterocycles. The normalized spacial score (nSPS) is 45.0. The Hall–Kier alpha value is -1.66. The first kappa shape index (κ1) is 34.8. The van der Waals surface area contributed by atoms with Crippen LogP contribution in [0, 0.1) is 0 Å². The molecule has 244 valence electrons. The molecule has 15 atom stereocenters. The highest BCUT2D eigenvalue weighted by Gasteiger charge is 2.56. The van der Waals surface area contributed by atoms with E-state index in [9.17, 15) is 45.6 Å². The van der Waals surface area contributed by atoms with Gasteiger partial charge in [-0.05, 0) is 0 Å². The van der Waals surface area contributed by atoms with Gasteiger partial charge in [-0.15, -0.1) is 0 Å². The molecule has 3 aliphatic heterocycles. The SMILES string of the molecule is CO[C@H]1[C@@H](O)[C@@H](CO)O[C@@H](O[C@H]2[C@H](O)[C@@H]([NH+]=C(C)ON)[C@H](O[C@H]3[C@@H](O)[C@@H](CO)O[C@@H](O)[C@@H]3NC(C)=O)O[C@@H]2CO)[C@@H]1O. The summed E-state index contributed by atoms with van der Waals surface area (Å²) in [4.78, 5) is 19.2. The lowest BCUT2D eigenvalue weighted by Crippen LogP contribution is -2.90. The summed E-state index contributed by atoms with van der Waals surface area (Å²) in [6, 6.07) is -2.71. The Balaban J connectivity index is 1.92. The van der Waals surface area contributed by atoms with Gasteiger partial charge in [0.05, 0.1) is 26.7 Å². The molecule has 1 amide bonds. The Kier molecular flexibility index (Phi) is 12.7. The summed E-state index contributed by atoms with van der Waals surface area (Å²) in [7, 11) is 1.22. The molecule has 0 aromatic carbocycles. The van der Waals surface area contributed by atoms with Crippen molar-refractivity contribution in [3.05, 3.63) is 0 Å². The fourth-order valence-corrected chi connectivity index (χ4v) is 5.16. The van der Waals surface area contributed by atoms with Gasteiger partial charge >= 0.3 is 5.90 Å². The third-order valence-electron chi connectivity index (χ3n) is 7.32. The van der Waals surface area contributed by atoms with E-state index in [0.29, 0.717) is 0 Å². The maximum atomic E-state index is 11.8. The molecule has 3 aliphatic rings. The average Bonchev–Trinajstić information content (AvgIpc) is 2.96. The Morgan fingerprint density at radius 1 is 0.786 bits per heavy atom. The van der Waals surface area contributed by atoms with E-state index in [-0.39, 0.29) is 5.90 Å². The predicted molar refractivity (Wildman–Crippen MR) is 132 cm³/mol. The van der Waals surface area contributed by atoms with Gasteiger partial charge in [-0.25, -0.2) is 4.99 Å². The van der Waals surface area contributed by atoms with Crippen molar-refractivity contribution in [2.75, 3.05) is 26.9 Å². The van der Waals surface area contributed by atoms with Crippen LogP contribution in [-0.4, -0.2) is 172 Å². The summed E-state index contributed by atoms with van der Waals surface area (Å²) in [6.45, 7) is 0.375. The molecule has 3 fully saturated rings. The number of hydrogen-bond donors (Lipinski definition) is 11. The molecule has 0 bridgehead atoms. The van der Waals surface area contributed by atoms with Gasteiger partial charge in [-0.3, -0.25) is 4.79 Å². The number of carbonyl (C=O) groups is 1. The molecule has 19 nitrogen and oxygen atoms in total. The molecule has 3 heterocycles. The molecule has 42 heavy (non-hydrogen) atoms. The van der Waals surface area contributed by atoms with Crippen molar-refractivity contribution in [2.24, 2.45) is 5.90 Å². The largest absolute Gasteiger partial charge is 0.394 e. The van der Waals surface area contributed by atoms with E-state index in [1.165, 1.54) is 14.0 Å². The molecule has 0 saturated carbocycles. The fraction of sp³-hybridized carbons (Fsp3) is 0.913. The molecule has 0 unspecified atom stereocenters. The smallest absolute Gasteiger partial charge is 0.350 e. The maximum Gasteiger partial charge on any atom is 0.350 e. The average molecular weight is 617 g/mol. The van der Waals surface area contributed by atoms with E-state index in [0.717, 1.165) is 6.92 Å². The second-order valence-electron chi connectivity index (χ2n) is 10.1. The Morgan fingerprint density at radius 2 is 1.33 bits per heavy atom. The van der Waals surface area contributed by atoms with Gasteiger partial charge in [0.1, 0.15) is 67.1 Å². The summed E-state index contributed by atoms with van der Waals surface area (Å²) >= 11 is 0. The molecule has 0 spiro atoms. The summed E-state index contributed by atoms with van der Waals surface area (Å²) < 4.78 is 33.5. The first-order valence-corrected chi connectivity index (χ1v) is 13.2. The highest BCUT2D eigenvalue weighted by atomic mass is 16.7. The number of methoxy groups -OCH3 is 1. The highest BCUT2D eigenvalue weighted by molar-refractivity contribution is 5.73. The van der Waals surface area contributed by atoms with Crippen LogP contribution in [0.1, 0.15) is 13.8 Å². The van der Waals surface area contributed by atoms with Crippen LogP contribution in [0.25, 0.3) is 0 Å². The van der Waals surface area contributed by atoms with E-state index in [4.69, 9.17) is 34.3 Å². The lowest BCUT2D eigenvalue weighted by atomic mass is 9.94. The third-order valence-corrected chi connectivity index (χ3v) is 7.32. The number of amides is 1. The molecule has 0 radical (unpaired) electrons. The van der Waals surface area contributed by atoms with Gasteiger partial charge < -0.3 is 79.4 Å². The number of aliphatic hydroxyl groups is 8. The molecule has 0 aromatic rings. The Morgan fingerprint density at radius 3 is 1.88 bits per heavy atom. The van der Waals surface area contributed by atoms with Gasteiger partial charge in [0.25, 0.3) is 0 Å². The van der Waals surface area contributed by atoms with Crippen molar-refractivity contribution in [2.45, 2.75) is 106 Å². The van der Waals surface area contributed by atoms with E-state index < -0.39 is 118 Å². The number of rotatable bonds is 10. The van der Waals surface area contributed by atoms with Crippen molar-refractivity contribution in [1.29, 1.82) is 0 Å². The van der Waals surface area contributed by atoms with Crippen molar-refractivity contribution in [3.63, 3.8) is 0 Å². The molecule has 0 aliphatic carbocycles. The van der Waals surface area contributed by atoms with Gasteiger partial charge in [0.2, 0.25) is 18.2 Å². The number of hydrogen-bond acceptors (Lipinski definition) is 17. The number of aliphatic hydroxyl groups excluding tert-OH is 8. The van der Waals surface area contributed by atoms with Crippen LogP contribution in [0.4, 0.5) is 0 Å². The minimum atomic E-state index is -1.72. The van der Waals surface area contributed by atoms with Crippen LogP contribution >= 0.6 is 0 Å². The zero-order valence-corrected chi connectivity index (χ0v) is 23.2. The molecule has 0 aromatic heterocycles. The standard InChI is InChI=1S/C23H41N3O16/c1-7(30)25-13-19(14(31)9(4-27)37-21(13)35)41-22-12(26-8(2)42-24)16(33)18(11(6-29)39-22)40-23-17(34)20(36-3)15(32)10(5-28)38-23/h9-23,27-29,31-35H,4-6,24H2,1-3H3,(H,25,30)/p+1/t9-,10-,11-,12-,13-,14+,15+,16-,17-,18-,19-,20+,21-,22+,23+/m1/s1. The van der Waals surface area contributed by atoms with Gasteiger partial charge in [-0.2, -0.15) is 5.90 Å². The Labute approximate surface area is 240 Å². The highest BCUT2D eigenvalue weighted by Crippen LogP contribution is 2.31. The van der Waals surface area contributed by atoms with E-state index in [2.05, 4.69) is 15.1 Å². The molecule has 12 N–H and O–H groups in total. The van der Waals surface area contributed by atoms with Crippen molar-refractivity contribution in [3.8, 4) is 0 Å². The third kappa shape index (κ3) is 7.52. The van der Waals surface area contributed by atoms with Crippen molar-refractivity contribution >= 4 is 11.8 Å². The van der Waals surface area contributed by atoms with E-state index in [1.807, 2.05) is 0 Å². The van der Waals surface area contributed by atoms with Crippen LogP contribution < -0.4 is 16.2 Å². The van der Waals surface area contributed by atoms with Gasteiger partial charge in [-0.1, -0.05) is 0 Å². The number of nitrogens with one attached hydrogen (secondary N) is 2. The van der Waals surface area contributed by atoms with Crippen LogP contribution in [0.5, 0.6) is 0 Å². The number of ether oxygens (including phenoxy) is 6. The zero-order chi connectivity index (χ0) is 31.3. The van der Waals surface area contributed by atoms with Crippen LogP contribution in [0.2, 0.25) is 0 Å². The summed E-state index contributed by atoms with van der Waals surface area (Å²) in [5, 5.41) is 85.5. The number of nitrogens with two attached hydrogens (primary N) is 1.